The minimum atomic E-state index is -3.73. The fraction of sp³-hybridized carbons (Fsp3) is 0.333. The first-order valence-electron chi connectivity index (χ1n) is 4.11. The molecule has 1 aromatic carbocycles. The third-order valence-electron chi connectivity index (χ3n) is 1.83. The molecule has 0 fully saturated rings. The lowest BCUT2D eigenvalue weighted by atomic mass is 10.0. The van der Waals surface area contributed by atoms with Gasteiger partial charge in [0.2, 0.25) is 0 Å². The first-order chi connectivity index (χ1) is 6.88. The van der Waals surface area contributed by atoms with E-state index in [0.717, 1.165) is 0 Å². The number of alkyl halides is 2. The van der Waals surface area contributed by atoms with Crippen LogP contribution >= 0.6 is 0 Å². The van der Waals surface area contributed by atoms with Crippen LogP contribution in [0.5, 0.6) is 0 Å². The van der Waals surface area contributed by atoms with Gasteiger partial charge in [-0.15, -0.1) is 0 Å². The molecule has 0 aromatic heterocycles. The summed E-state index contributed by atoms with van der Waals surface area (Å²) in [7, 11) is 0. The molecule has 1 rings (SSSR count). The van der Waals surface area contributed by atoms with E-state index >= 15 is 0 Å². The van der Waals surface area contributed by atoms with Crippen molar-refractivity contribution in [3.63, 3.8) is 0 Å². The zero-order valence-electron chi connectivity index (χ0n) is 7.54. The number of rotatable bonds is 3. The van der Waals surface area contributed by atoms with Crippen molar-refractivity contribution in [1.82, 2.24) is 0 Å². The third kappa shape index (κ3) is 2.44. The Morgan fingerprint density at radius 2 is 1.53 bits per heavy atom. The zero-order chi connectivity index (χ0) is 11.6. The van der Waals surface area contributed by atoms with Crippen molar-refractivity contribution in [3.8, 4) is 0 Å². The highest BCUT2D eigenvalue weighted by Gasteiger charge is 2.37. The van der Waals surface area contributed by atoms with Gasteiger partial charge >= 0.3 is 0 Å². The fourth-order valence-electron chi connectivity index (χ4n) is 1.20. The maximum Gasteiger partial charge on any atom is 0.280 e. The molecule has 1 aromatic rings. The van der Waals surface area contributed by atoms with Crippen LogP contribution < -0.4 is 5.73 Å². The van der Waals surface area contributed by atoms with Gasteiger partial charge in [-0.05, 0) is 6.54 Å². The Balaban J connectivity index is 3.24. The Hall–Kier alpha value is -1.17. The topological polar surface area (TPSA) is 26.0 Å². The summed E-state index contributed by atoms with van der Waals surface area (Å²) in [6, 6.07) is 0.422. The maximum absolute atomic E-state index is 13.1. The third-order valence-corrected chi connectivity index (χ3v) is 1.83. The predicted octanol–water partition coefficient (Wildman–Crippen LogP) is 2.54. The maximum atomic E-state index is 13.1. The van der Waals surface area contributed by atoms with Gasteiger partial charge in [0.05, 0.1) is 5.56 Å². The molecule has 0 spiro atoms. The van der Waals surface area contributed by atoms with Crippen molar-refractivity contribution in [2.45, 2.75) is 12.3 Å². The molecule has 6 heteroatoms. The summed E-state index contributed by atoms with van der Waals surface area (Å²) in [4.78, 5) is 0. The molecule has 0 atom stereocenters. The second kappa shape index (κ2) is 4.14. The Morgan fingerprint density at radius 3 is 1.93 bits per heavy atom. The van der Waals surface area contributed by atoms with Crippen LogP contribution in [0.25, 0.3) is 0 Å². The van der Waals surface area contributed by atoms with Crippen molar-refractivity contribution in [2.75, 3.05) is 6.54 Å². The molecule has 1 nitrogen and oxygen atoms in total. The molecule has 0 heterocycles. The minimum absolute atomic E-state index is 0.211. The van der Waals surface area contributed by atoms with Crippen molar-refractivity contribution in [3.05, 3.63) is 35.1 Å². The van der Waals surface area contributed by atoms with Crippen LogP contribution in [0, 0.1) is 17.5 Å². The summed E-state index contributed by atoms with van der Waals surface area (Å²) in [5.74, 6) is -8.18. The number of halogens is 5. The lowest BCUT2D eigenvalue weighted by molar-refractivity contribution is -0.0177. The summed E-state index contributed by atoms with van der Waals surface area (Å²) >= 11 is 0. The Morgan fingerprint density at radius 1 is 1.07 bits per heavy atom. The Kier molecular flexibility index (Phi) is 3.28. The molecule has 2 N–H and O–H groups in total. The average Bonchev–Trinajstić information content (AvgIpc) is 1.99. The molecule has 0 aliphatic rings. The van der Waals surface area contributed by atoms with E-state index in [0.29, 0.717) is 0 Å². The highest BCUT2D eigenvalue weighted by Crippen LogP contribution is 2.35. The second-order valence-corrected chi connectivity index (χ2v) is 2.99. The standard InChI is InChI=1S/C9H8F5N/c10-5-3-6(11)8(7(12)4-5)9(13,14)1-2-15/h3-4H,1-2,15H2. The molecule has 0 aliphatic heterocycles. The van der Waals surface area contributed by atoms with Crippen LogP contribution in [0.2, 0.25) is 0 Å². The van der Waals surface area contributed by atoms with E-state index < -0.39 is 41.9 Å². The molecular weight excluding hydrogens is 217 g/mol. The number of hydrogen-bond acceptors (Lipinski definition) is 1. The van der Waals surface area contributed by atoms with Crippen LogP contribution in [-0.4, -0.2) is 6.54 Å². The van der Waals surface area contributed by atoms with Gasteiger partial charge in [-0.1, -0.05) is 0 Å². The zero-order valence-corrected chi connectivity index (χ0v) is 7.54. The van der Waals surface area contributed by atoms with Crippen LogP contribution in [-0.2, 0) is 5.92 Å². The van der Waals surface area contributed by atoms with Gasteiger partial charge in [0.25, 0.3) is 5.92 Å². The highest BCUT2D eigenvalue weighted by atomic mass is 19.3. The Bertz CT molecular complexity index is 341. The van der Waals surface area contributed by atoms with Gasteiger partial charge in [0.15, 0.2) is 0 Å². The van der Waals surface area contributed by atoms with Crippen molar-refractivity contribution in [1.29, 1.82) is 0 Å². The molecule has 0 radical (unpaired) electrons. The van der Waals surface area contributed by atoms with Gasteiger partial charge < -0.3 is 5.73 Å². The van der Waals surface area contributed by atoms with Gasteiger partial charge in [0.1, 0.15) is 17.5 Å². The van der Waals surface area contributed by atoms with Gasteiger partial charge in [-0.2, -0.15) is 0 Å². The Labute approximate surface area is 82.7 Å². The fourth-order valence-corrected chi connectivity index (χ4v) is 1.20. The lowest BCUT2D eigenvalue weighted by Crippen LogP contribution is -2.22. The average molecular weight is 225 g/mol. The molecule has 0 amide bonds. The van der Waals surface area contributed by atoms with Gasteiger partial charge in [0, 0.05) is 18.6 Å². The summed E-state index contributed by atoms with van der Waals surface area (Å²) < 4.78 is 64.5. The first-order valence-corrected chi connectivity index (χ1v) is 4.11. The molecular formula is C9H8F5N. The number of hydrogen-bond donors (Lipinski definition) is 1. The lowest BCUT2D eigenvalue weighted by Gasteiger charge is -2.17. The first kappa shape index (κ1) is 11.9. The molecule has 0 bridgehead atoms. The molecule has 0 unspecified atom stereocenters. The monoisotopic (exact) mass is 225 g/mol. The SMILES string of the molecule is NCCC(F)(F)c1c(F)cc(F)cc1F. The summed E-state index contributed by atoms with van der Waals surface area (Å²) in [6.45, 7) is -0.427. The summed E-state index contributed by atoms with van der Waals surface area (Å²) in [6.07, 6.45) is -0.896. The van der Waals surface area contributed by atoms with Crippen LogP contribution in [0.15, 0.2) is 12.1 Å². The molecule has 0 aliphatic carbocycles. The smallest absolute Gasteiger partial charge is 0.280 e. The molecule has 0 saturated carbocycles. The number of nitrogens with two attached hydrogens (primary N) is 1. The van der Waals surface area contributed by atoms with Crippen LogP contribution in [0.4, 0.5) is 22.0 Å². The normalized spacial score (nSPS) is 11.9. The van der Waals surface area contributed by atoms with E-state index in [9.17, 15) is 22.0 Å². The van der Waals surface area contributed by atoms with Gasteiger partial charge in [-0.3, -0.25) is 0 Å². The van der Waals surface area contributed by atoms with Crippen molar-refractivity contribution in [2.24, 2.45) is 5.73 Å². The molecule has 84 valence electrons. The largest absolute Gasteiger partial charge is 0.330 e. The summed E-state index contributed by atoms with van der Waals surface area (Å²) in [5, 5.41) is 0. The van der Waals surface area contributed by atoms with Crippen molar-refractivity contribution < 1.29 is 22.0 Å². The van der Waals surface area contributed by atoms with E-state index in [1.807, 2.05) is 0 Å². The second-order valence-electron chi connectivity index (χ2n) is 2.99. The highest BCUT2D eigenvalue weighted by molar-refractivity contribution is 5.25. The van der Waals surface area contributed by atoms with Crippen molar-refractivity contribution >= 4 is 0 Å². The van der Waals surface area contributed by atoms with Crippen LogP contribution in [0.3, 0.4) is 0 Å². The van der Waals surface area contributed by atoms with Crippen LogP contribution in [0.1, 0.15) is 12.0 Å². The van der Waals surface area contributed by atoms with E-state index in [1.54, 1.807) is 0 Å². The summed E-state index contributed by atoms with van der Waals surface area (Å²) in [5.41, 5.74) is 3.45. The van der Waals surface area contributed by atoms with E-state index in [-0.39, 0.29) is 12.1 Å². The van der Waals surface area contributed by atoms with E-state index in [2.05, 4.69) is 0 Å². The number of benzene rings is 1. The minimum Gasteiger partial charge on any atom is -0.330 e. The molecule has 15 heavy (non-hydrogen) atoms. The quantitative estimate of drug-likeness (QED) is 0.786. The molecule has 0 saturated heterocycles. The van der Waals surface area contributed by atoms with E-state index in [4.69, 9.17) is 5.73 Å². The predicted molar refractivity (Wildman–Crippen MR) is 43.9 cm³/mol. The van der Waals surface area contributed by atoms with E-state index in [1.165, 1.54) is 0 Å². The van der Waals surface area contributed by atoms with Gasteiger partial charge in [-0.25, -0.2) is 22.0 Å².